The van der Waals surface area contributed by atoms with Gasteiger partial charge >= 0.3 is 0 Å². The summed E-state index contributed by atoms with van der Waals surface area (Å²) in [4.78, 5) is 14.3. The van der Waals surface area contributed by atoms with Crippen LogP contribution >= 0.6 is 0 Å². The number of benzene rings is 3. The van der Waals surface area contributed by atoms with Crippen molar-refractivity contribution in [3.05, 3.63) is 90.0 Å². The predicted octanol–water partition coefficient (Wildman–Crippen LogP) is 6.48. The van der Waals surface area contributed by atoms with Crippen molar-refractivity contribution >= 4 is 0 Å². The molecule has 0 saturated heterocycles. The summed E-state index contributed by atoms with van der Waals surface area (Å²) in [5.74, 6) is 2.06. The van der Waals surface area contributed by atoms with E-state index in [9.17, 15) is 0 Å². The van der Waals surface area contributed by atoms with Gasteiger partial charge in [-0.05, 0) is 17.9 Å². The Morgan fingerprint density at radius 2 is 0.931 bits per heavy atom. The van der Waals surface area contributed by atoms with Gasteiger partial charge in [0.15, 0.2) is 17.5 Å². The maximum absolute atomic E-state index is 4.80. The highest BCUT2D eigenvalue weighted by Crippen LogP contribution is 2.27. The van der Waals surface area contributed by atoms with Crippen molar-refractivity contribution in [2.45, 2.75) is 33.1 Å². The normalized spacial score (nSPS) is 11.4. The van der Waals surface area contributed by atoms with Crippen molar-refractivity contribution in [3.8, 4) is 34.2 Å². The van der Waals surface area contributed by atoms with Gasteiger partial charge in [0, 0.05) is 16.7 Å². The predicted molar refractivity (Wildman–Crippen MR) is 120 cm³/mol. The maximum atomic E-state index is 4.80. The van der Waals surface area contributed by atoms with Gasteiger partial charge in [0.1, 0.15) is 0 Å². The second-order valence-corrected chi connectivity index (χ2v) is 8.37. The number of hydrogen-bond acceptors (Lipinski definition) is 3. The van der Waals surface area contributed by atoms with Crippen molar-refractivity contribution in [3.63, 3.8) is 0 Å². The van der Waals surface area contributed by atoms with Crippen molar-refractivity contribution in [1.82, 2.24) is 15.0 Å². The number of nitrogens with zero attached hydrogens (tertiary/aromatic N) is 3. The SMILES string of the molecule is Cc1ccc(-c2nc(-c3ccccc3)nc(-c3ccc(C(C)(C)C)cc3)n2)cc1. The van der Waals surface area contributed by atoms with E-state index >= 15 is 0 Å². The molecular weight excluding hydrogens is 354 g/mol. The third-order valence-electron chi connectivity index (χ3n) is 4.99. The van der Waals surface area contributed by atoms with E-state index in [1.54, 1.807) is 0 Å². The van der Waals surface area contributed by atoms with Crippen LogP contribution in [0.5, 0.6) is 0 Å². The van der Waals surface area contributed by atoms with Gasteiger partial charge in [0.2, 0.25) is 0 Å². The Balaban J connectivity index is 1.84. The molecule has 0 bridgehead atoms. The molecule has 3 nitrogen and oxygen atoms in total. The second-order valence-electron chi connectivity index (χ2n) is 8.37. The molecule has 3 heteroatoms. The lowest BCUT2D eigenvalue weighted by atomic mass is 9.87. The van der Waals surface area contributed by atoms with Crippen LogP contribution in [-0.4, -0.2) is 15.0 Å². The van der Waals surface area contributed by atoms with E-state index in [4.69, 9.17) is 15.0 Å². The molecule has 0 aliphatic rings. The maximum Gasteiger partial charge on any atom is 0.164 e. The fourth-order valence-electron chi connectivity index (χ4n) is 3.17. The van der Waals surface area contributed by atoms with Crippen LogP contribution in [0.1, 0.15) is 31.9 Å². The number of hydrogen-bond donors (Lipinski definition) is 0. The first-order chi connectivity index (χ1) is 13.9. The van der Waals surface area contributed by atoms with Gasteiger partial charge in [-0.25, -0.2) is 15.0 Å². The Morgan fingerprint density at radius 1 is 0.517 bits per heavy atom. The summed E-state index contributed by atoms with van der Waals surface area (Å²) >= 11 is 0. The van der Waals surface area contributed by atoms with Crippen LogP contribution in [0.4, 0.5) is 0 Å². The van der Waals surface area contributed by atoms with Crippen LogP contribution in [0.3, 0.4) is 0 Å². The molecule has 0 saturated carbocycles. The van der Waals surface area contributed by atoms with Crippen LogP contribution < -0.4 is 0 Å². The van der Waals surface area contributed by atoms with Gasteiger partial charge in [0.25, 0.3) is 0 Å². The molecule has 144 valence electrons. The van der Waals surface area contributed by atoms with Crippen LogP contribution in [-0.2, 0) is 5.41 Å². The Bertz CT molecular complexity index is 1110. The lowest BCUT2D eigenvalue weighted by Crippen LogP contribution is -2.10. The average Bonchev–Trinajstić information content (AvgIpc) is 2.74. The molecule has 0 aliphatic heterocycles. The molecule has 3 aromatic carbocycles. The highest BCUT2D eigenvalue weighted by atomic mass is 15.0. The first-order valence-corrected chi connectivity index (χ1v) is 9.90. The Labute approximate surface area is 172 Å². The van der Waals surface area contributed by atoms with Crippen molar-refractivity contribution in [2.24, 2.45) is 0 Å². The summed E-state index contributed by atoms with van der Waals surface area (Å²) in [6.07, 6.45) is 0. The molecule has 0 fully saturated rings. The summed E-state index contributed by atoms with van der Waals surface area (Å²) in [6, 6.07) is 26.9. The zero-order valence-electron chi connectivity index (χ0n) is 17.3. The highest BCUT2D eigenvalue weighted by molar-refractivity contribution is 5.66. The minimum absolute atomic E-state index is 0.111. The van der Waals surface area contributed by atoms with E-state index in [1.807, 2.05) is 30.3 Å². The number of aromatic nitrogens is 3. The molecule has 4 aromatic rings. The van der Waals surface area contributed by atoms with Gasteiger partial charge in [-0.1, -0.05) is 105 Å². The van der Waals surface area contributed by atoms with E-state index < -0.39 is 0 Å². The zero-order valence-corrected chi connectivity index (χ0v) is 17.3. The minimum atomic E-state index is 0.111. The van der Waals surface area contributed by atoms with E-state index in [2.05, 4.69) is 76.2 Å². The number of aryl methyl sites for hydroxylation is 1. The summed E-state index contributed by atoms with van der Waals surface area (Å²) < 4.78 is 0. The molecule has 0 atom stereocenters. The van der Waals surface area contributed by atoms with Crippen molar-refractivity contribution < 1.29 is 0 Å². The molecule has 0 aliphatic carbocycles. The molecule has 1 heterocycles. The third-order valence-corrected chi connectivity index (χ3v) is 4.99. The monoisotopic (exact) mass is 379 g/mol. The molecular formula is C26H25N3. The Morgan fingerprint density at radius 3 is 1.38 bits per heavy atom. The first-order valence-electron chi connectivity index (χ1n) is 9.90. The highest BCUT2D eigenvalue weighted by Gasteiger charge is 2.15. The molecule has 0 amide bonds. The van der Waals surface area contributed by atoms with E-state index in [-0.39, 0.29) is 5.41 Å². The summed E-state index contributed by atoms with van der Waals surface area (Å²) in [5, 5.41) is 0. The Kier molecular flexibility index (Phi) is 4.98. The fraction of sp³-hybridized carbons (Fsp3) is 0.192. The van der Waals surface area contributed by atoms with E-state index in [1.165, 1.54) is 11.1 Å². The second kappa shape index (κ2) is 7.59. The van der Waals surface area contributed by atoms with E-state index in [0.717, 1.165) is 16.7 Å². The molecule has 0 N–H and O–H groups in total. The first kappa shape index (κ1) is 19.0. The van der Waals surface area contributed by atoms with Crippen LogP contribution in [0.2, 0.25) is 0 Å². The largest absolute Gasteiger partial charge is 0.208 e. The molecule has 0 unspecified atom stereocenters. The van der Waals surface area contributed by atoms with Crippen LogP contribution in [0.15, 0.2) is 78.9 Å². The average molecular weight is 380 g/mol. The van der Waals surface area contributed by atoms with Crippen molar-refractivity contribution in [2.75, 3.05) is 0 Å². The third kappa shape index (κ3) is 4.24. The van der Waals surface area contributed by atoms with Crippen LogP contribution in [0.25, 0.3) is 34.2 Å². The summed E-state index contributed by atoms with van der Waals surface area (Å²) in [6.45, 7) is 8.73. The standard InChI is InChI=1S/C26H25N3/c1-18-10-12-20(13-11-18)24-27-23(19-8-6-5-7-9-19)28-25(29-24)21-14-16-22(17-15-21)26(2,3)4/h5-17H,1-4H3. The topological polar surface area (TPSA) is 38.7 Å². The molecule has 4 rings (SSSR count). The molecule has 0 radical (unpaired) electrons. The minimum Gasteiger partial charge on any atom is -0.208 e. The fourth-order valence-corrected chi connectivity index (χ4v) is 3.17. The quantitative estimate of drug-likeness (QED) is 0.409. The summed E-state index contributed by atoms with van der Waals surface area (Å²) in [5.41, 5.74) is 5.57. The van der Waals surface area contributed by atoms with Gasteiger partial charge in [-0.3, -0.25) is 0 Å². The molecule has 29 heavy (non-hydrogen) atoms. The Hall–Kier alpha value is -3.33. The van der Waals surface area contributed by atoms with Gasteiger partial charge < -0.3 is 0 Å². The van der Waals surface area contributed by atoms with E-state index in [0.29, 0.717) is 17.5 Å². The van der Waals surface area contributed by atoms with Crippen LogP contribution in [0, 0.1) is 6.92 Å². The lowest BCUT2D eigenvalue weighted by Gasteiger charge is -2.19. The summed E-state index contributed by atoms with van der Waals surface area (Å²) in [7, 11) is 0. The molecule has 0 spiro atoms. The van der Waals surface area contributed by atoms with Gasteiger partial charge in [0.05, 0.1) is 0 Å². The van der Waals surface area contributed by atoms with Crippen molar-refractivity contribution in [1.29, 1.82) is 0 Å². The number of rotatable bonds is 3. The zero-order chi connectivity index (χ0) is 20.4. The smallest absolute Gasteiger partial charge is 0.164 e. The van der Waals surface area contributed by atoms with Gasteiger partial charge in [-0.2, -0.15) is 0 Å². The molecule has 1 aromatic heterocycles. The van der Waals surface area contributed by atoms with Gasteiger partial charge in [-0.15, -0.1) is 0 Å². The lowest BCUT2D eigenvalue weighted by molar-refractivity contribution is 0.590.